The Morgan fingerprint density at radius 1 is 0.929 bits per heavy atom. The fourth-order valence-corrected chi connectivity index (χ4v) is 2.80. The second-order valence-electron chi connectivity index (χ2n) is 6.34. The van der Waals surface area contributed by atoms with Gasteiger partial charge in [-0.15, -0.1) is 0 Å². The highest BCUT2D eigenvalue weighted by atomic mass is 16.5. The van der Waals surface area contributed by atoms with Crippen LogP contribution in [-0.4, -0.2) is 59.4 Å². The zero-order valence-electron chi connectivity index (χ0n) is 17.0. The maximum atomic E-state index is 12.3. The number of methoxy groups -OCH3 is 3. The fourth-order valence-electron chi connectivity index (χ4n) is 2.80. The Morgan fingerprint density at radius 2 is 1.54 bits per heavy atom. The Kier molecular flexibility index (Phi) is 7.95. The van der Waals surface area contributed by atoms with Crippen molar-refractivity contribution in [3.63, 3.8) is 0 Å². The van der Waals surface area contributed by atoms with Crippen molar-refractivity contribution in [2.75, 3.05) is 48.6 Å². The van der Waals surface area contributed by atoms with E-state index in [1.807, 2.05) is 49.3 Å². The van der Waals surface area contributed by atoms with Gasteiger partial charge in [0.1, 0.15) is 0 Å². The number of rotatable bonds is 10. The van der Waals surface area contributed by atoms with Crippen LogP contribution in [0.15, 0.2) is 42.5 Å². The van der Waals surface area contributed by atoms with Gasteiger partial charge in [0.2, 0.25) is 0 Å². The summed E-state index contributed by atoms with van der Waals surface area (Å²) >= 11 is 0. The molecule has 0 unspecified atom stereocenters. The molecule has 2 aromatic carbocycles. The summed E-state index contributed by atoms with van der Waals surface area (Å²) in [4.78, 5) is 14.3. The predicted octanol–water partition coefficient (Wildman–Crippen LogP) is 2.51. The average molecular weight is 388 g/mol. The number of para-hydroxylation sites is 2. The number of hydrogen-bond donors (Lipinski definition) is 1. The Hall–Kier alpha value is -2.93. The van der Waals surface area contributed by atoms with Crippen LogP contribution in [0.2, 0.25) is 0 Å². The molecule has 152 valence electrons. The van der Waals surface area contributed by atoms with Crippen molar-refractivity contribution < 1.29 is 23.7 Å². The van der Waals surface area contributed by atoms with Crippen molar-refractivity contribution in [1.29, 1.82) is 0 Å². The average Bonchev–Trinajstić information content (AvgIpc) is 2.72. The Labute approximate surface area is 166 Å². The molecule has 0 bridgehead atoms. The van der Waals surface area contributed by atoms with E-state index in [1.54, 1.807) is 33.5 Å². The molecule has 0 aliphatic carbocycles. The van der Waals surface area contributed by atoms with Gasteiger partial charge in [0.25, 0.3) is 5.91 Å². The molecule has 0 saturated carbocycles. The largest absolute Gasteiger partial charge is 0.493 e. The van der Waals surface area contributed by atoms with Gasteiger partial charge in [0.15, 0.2) is 29.6 Å². The van der Waals surface area contributed by atoms with Crippen molar-refractivity contribution in [2.45, 2.75) is 6.04 Å². The van der Waals surface area contributed by atoms with E-state index in [0.717, 1.165) is 5.56 Å². The normalized spacial score (nSPS) is 11.6. The van der Waals surface area contributed by atoms with Gasteiger partial charge >= 0.3 is 0 Å². The Bertz CT molecular complexity index is 779. The van der Waals surface area contributed by atoms with Crippen LogP contribution in [0.4, 0.5) is 0 Å². The quantitative estimate of drug-likeness (QED) is 0.675. The lowest BCUT2D eigenvalue weighted by atomic mass is 10.1. The van der Waals surface area contributed by atoms with E-state index in [2.05, 4.69) is 5.32 Å². The first-order valence-electron chi connectivity index (χ1n) is 8.91. The molecule has 0 saturated heterocycles. The van der Waals surface area contributed by atoms with Crippen molar-refractivity contribution in [1.82, 2.24) is 10.2 Å². The third-order valence-corrected chi connectivity index (χ3v) is 4.34. The molecule has 0 aliphatic heterocycles. The van der Waals surface area contributed by atoms with Gasteiger partial charge in [-0.05, 0) is 43.9 Å². The lowest BCUT2D eigenvalue weighted by molar-refractivity contribution is -0.123. The van der Waals surface area contributed by atoms with Crippen LogP contribution in [0, 0.1) is 0 Å². The highest BCUT2D eigenvalue weighted by molar-refractivity contribution is 5.77. The summed E-state index contributed by atoms with van der Waals surface area (Å²) in [5.41, 5.74) is 1.01. The summed E-state index contributed by atoms with van der Waals surface area (Å²) in [6, 6.07) is 12.9. The van der Waals surface area contributed by atoms with Crippen molar-refractivity contribution in [3.05, 3.63) is 48.0 Å². The molecule has 1 N–H and O–H groups in total. The maximum absolute atomic E-state index is 12.3. The number of nitrogens with zero attached hydrogens (tertiary/aromatic N) is 1. The minimum absolute atomic E-state index is 0.0324. The molecule has 7 nitrogen and oxygen atoms in total. The monoisotopic (exact) mass is 388 g/mol. The summed E-state index contributed by atoms with van der Waals surface area (Å²) < 4.78 is 21.5. The second kappa shape index (κ2) is 10.4. The fraction of sp³-hybridized carbons (Fsp3) is 0.381. The first kappa shape index (κ1) is 21.4. The molecular weight excluding hydrogens is 360 g/mol. The second-order valence-corrected chi connectivity index (χ2v) is 6.34. The van der Waals surface area contributed by atoms with Gasteiger partial charge in [-0.2, -0.15) is 0 Å². The molecule has 1 atom stereocenters. The number of nitrogens with one attached hydrogen (secondary N) is 1. The van der Waals surface area contributed by atoms with E-state index < -0.39 is 0 Å². The van der Waals surface area contributed by atoms with Crippen LogP contribution in [0.5, 0.6) is 23.0 Å². The van der Waals surface area contributed by atoms with E-state index in [0.29, 0.717) is 29.5 Å². The van der Waals surface area contributed by atoms with E-state index in [4.69, 9.17) is 18.9 Å². The smallest absolute Gasteiger partial charge is 0.258 e. The van der Waals surface area contributed by atoms with E-state index in [9.17, 15) is 4.79 Å². The van der Waals surface area contributed by atoms with Gasteiger partial charge in [-0.3, -0.25) is 4.79 Å². The maximum Gasteiger partial charge on any atom is 0.258 e. The van der Waals surface area contributed by atoms with E-state index >= 15 is 0 Å². The number of hydrogen-bond acceptors (Lipinski definition) is 6. The SMILES string of the molecule is COc1ccc([C@@H](CNC(=O)COc2ccccc2OC)N(C)C)cc1OC. The number of carbonyl (C=O) groups is 1. The summed E-state index contributed by atoms with van der Waals surface area (Å²) in [5, 5.41) is 2.92. The van der Waals surface area contributed by atoms with Crippen molar-refractivity contribution in [2.24, 2.45) is 0 Å². The molecule has 2 rings (SSSR count). The molecule has 28 heavy (non-hydrogen) atoms. The van der Waals surface area contributed by atoms with Crippen molar-refractivity contribution >= 4 is 5.91 Å². The molecule has 2 aromatic rings. The van der Waals surface area contributed by atoms with Crippen LogP contribution in [0.25, 0.3) is 0 Å². The summed E-state index contributed by atoms with van der Waals surface area (Å²) in [5.74, 6) is 2.23. The topological polar surface area (TPSA) is 69.3 Å². The molecule has 0 aromatic heterocycles. The standard InChI is InChI=1S/C21H28N2O5/c1-23(2)16(15-10-11-18(26-4)20(12-15)27-5)13-22-21(24)14-28-19-9-7-6-8-17(19)25-3/h6-12,16H,13-14H2,1-5H3,(H,22,24)/t16-/m1/s1. The Balaban J connectivity index is 1.98. The third kappa shape index (κ3) is 5.53. The first-order valence-corrected chi connectivity index (χ1v) is 8.91. The number of carbonyl (C=O) groups excluding carboxylic acids is 1. The van der Waals surface area contributed by atoms with Crippen LogP contribution in [0.1, 0.15) is 11.6 Å². The summed E-state index contributed by atoms with van der Waals surface area (Å²) in [6.07, 6.45) is 0. The van der Waals surface area contributed by atoms with Crippen LogP contribution >= 0.6 is 0 Å². The highest BCUT2D eigenvalue weighted by Crippen LogP contribution is 2.31. The molecule has 0 aliphatic rings. The lowest BCUT2D eigenvalue weighted by Crippen LogP contribution is -2.36. The minimum Gasteiger partial charge on any atom is -0.493 e. The van der Waals surface area contributed by atoms with Gasteiger partial charge in [0.05, 0.1) is 27.4 Å². The Morgan fingerprint density at radius 3 is 2.14 bits per heavy atom. The predicted molar refractivity (Wildman–Crippen MR) is 107 cm³/mol. The first-order chi connectivity index (χ1) is 13.5. The van der Waals surface area contributed by atoms with Crippen LogP contribution in [0.3, 0.4) is 0 Å². The van der Waals surface area contributed by atoms with Gasteiger partial charge < -0.3 is 29.2 Å². The van der Waals surface area contributed by atoms with Crippen molar-refractivity contribution in [3.8, 4) is 23.0 Å². The minimum atomic E-state index is -0.210. The molecule has 0 spiro atoms. The summed E-state index contributed by atoms with van der Waals surface area (Å²) in [6.45, 7) is 0.336. The summed E-state index contributed by atoms with van der Waals surface area (Å²) in [7, 11) is 8.68. The number of benzene rings is 2. The molecule has 1 amide bonds. The zero-order chi connectivity index (χ0) is 20.5. The number of ether oxygens (including phenoxy) is 4. The third-order valence-electron chi connectivity index (χ3n) is 4.34. The molecular formula is C21H28N2O5. The van der Waals surface area contributed by atoms with Gasteiger partial charge in [-0.25, -0.2) is 0 Å². The van der Waals surface area contributed by atoms with E-state index in [1.165, 1.54) is 0 Å². The van der Waals surface area contributed by atoms with Gasteiger partial charge in [-0.1, -0.05) is 18.2 Å². The molecule has 0 radical (unpaired) electrons. The van der Waals surface area contributed by atoms with Crippen LogP contribution < -0.4 is 24.3 Å². The molecule has 7 heteroatoms. The molecule has 0 fully saturated rings. The van der Waals surface area contributed by atoms with E-state index in [-0.39, 0.29) is 18.6 Å². The number of likely N-dealkylation sites (N-methyl/N-ethyl adjacent to an activating group) is 1. The number of amides is 1. The lowest BCUT2D eigenvalue weighted by Gasteiger charge is -2.26. The zero-order valence-corrected chi connectivity index (χ0v) is 17.0. The molecule has 0 heterocycles. The van der Waals surface area contributed by atoms with Crippen LogP contribution in [-0.2, 0) is 4.79 Å². The highest BCUT2D eigenvalue weighted by Gasteiger charge is 2.18. The van der Waals surface area contributed by atoms with Gasteiger partial charge in [0, 0.05) is 6.54 Å².